The van der Waals surface area contributed by atoms with E-state index in [1.807, 2.05) is 11.0 Å². The number of benzene rings is 1. The van der Waals surface area contributed by atoms with Gasteiger partial charge in [-0.25, -0.2) is 4.98 Å². The fourth-order valence-electron chi connectivity index (χ4n) is 4.96. The number of nitrogens with two attached hydrogens (primary N) is 1. The van der Waals surface area contributed by atoms with Crippen molar-refractivity contribution in [3.05, 3.63) is 47.7 Å². The molecule has 0 bridgehead atoms. The normalized spacial score (nSPS) is 21.5. The second-order valence-electron chi connectivity index (χ2n) is 9.25. The number of nitrogens with zero attached hydrogens (tertiary/aromatic N) is 4. The van der Waals surface area contributed by atoms with Gasteiger partial charge in [0.15, 0.2) is 5.84 Å². The molecule has 0 saturated carbocycles. The summed E-state index contributed by atoms with van der Waals surface area (Å²) in [5.74, 6) is 1.40. The zero-order chi connectivity index (χ0) is 24.4. The molecule has 1 atom stereocenters. The van der Waals surface area contributed by atoms with Crippen molar-refractivity contribution < 1.29 is 17.9 Å². The summed E-state index contributed by atoms with van der Waals surface area (Å²) in [7, 11) is -3.85. The Morgan fingerprint density at radius 1 is 1.14 bits per heavy atom. The maximum absolute atomic E-state index is 13.3. The van der Waals surface area contributed by atoms with Gasteiger partial charge in [0.2, 0.25) is 0 Å². The van der Waals surface area contributed by atoms with Crippen LogP contribution in [0.25, 0.3) is 0 Å². The van der Waals surface area contributed by atoms with Gasteiger partial charge in [-0.2, -0.15) is 8.42 Å². The van der Waals surface area contributed by atoms with Gasteiger partial charge in [-0.15, -0.1) is 4.40 Å². The van der Waals surface area contributed by atoms with Crippen LogP contribution in [0.3, 0.4) is 0 Å². The van der Waals surface area contributed by atoms with Crippen LogP contribution in [0.2, 0.25) is 0 Å². The number of aromatic nitrogens is 1. The summed E-state index contributed by atoms with van der Waals surface area (Å²) < 4.78 is 35.6. The lowest BCUT2D eigenvalue weighted by molar-refractivity contribution is 0.0633. The fraction of sp³-hybridized carbons (Fsp3) is 0.458. The van der Waals surface area contributed by atoms with Crippen LogP contribution in [0.1, 0.15) is 48.0 Å². The molecule has 1 aromatic heterocycles. The largest absolute Gasteiger partial charge is 0.492 e. The molecule has 4 heterocycles. The highest BCUT2D eigenvalue weighted by atomic mass is 32.2. The smallest absolute Gasteiger partial charge is 0.344 e. The van der Waals surface area contributed by atoms with Gasteiger partial charge in [0.25, 0.3) is 5.91 Å². The van der Waals surface area contributed by atoms with Gasteiger partial charge in [-0.3, -0.25) is 9.52 Å². The third-order valence-corrected chi connectivity index (χ3v) is 7.61. The number of pyridine rings is 1. The molecule has 3 N–H and O–H groups in total. The Labute approximate surface area is 205 Å². The number of piperidine rings is 2. The van der Waals surface area contributed by atoms with E-state index in [1.54, 1.807) is 30.5 Å². The zero-order valence-corrected chi connectivity index (χ0v) is 20.3. The maximum atomic E-state index is 13.3. The maximum Gasteiger partial charge on any atom is 0.344 e. The molecule has 2 fully saturated rings. The number of carbonyl (C=O) groups excluding carboxylic acids is 1. The highest BCUT2D eigenvalue weighted by Crippen LogP contribution is 2.31. The number of likely N-dealkylation sites (tertiary alicyclic amines) is 1. The number of hydrogen-bond acceptors (Lipinski definition) is 7. The molecule has 186 valence electrons. The number of nitrogens with one attached hydrogen (secondary N) is 1. The molecule has 5 rings (SSSR count). The number of anilines is 2. The average Bonchev–Trinajstić information content (AvgIpc) is 2.87. The first-order valence-corrected chi connectivity index (χ1v) is 13.5. The van der Waals surface area contributed by atoms with Gasteiger partial charge >= 0.3 is 10.2 Å². The second-order valence-corrected chi connectivity index (χ2v) is 10.6. The first kappa shape index (κ1) is 23.4. The van der Waals surface area contributed by atoms with E-state index >= 15 is 0 Å². The van der Waals surface area contributed by atoms with Crippen molar-refractivity contribution in [2.75, 3.05) is 42.4 Å². The Morgan fingerprint density at radius 3 is 2.80 bits per heavy atom. The number of rotatable bonds is 5. The molecule has 10 nitrogen and oxygen atoms in total. The van der Waals surface area contributed by atoms with Gasteiger partial charge in [0.1, 0.15) is 11.6 Å². The number of ether oxygens (including phenoxy) is 1. The third-order valence-electron chi connectivity index (χ3n) is 6.69. The Balaban J connectivity index is 1.24. The first-order chi connectivity index (χ1) is 16.9. The zero-order valence-electron chi connectivity index (χ0n) is 19.5. The van der Waals surface area contributed by atoms with E-state index in [1.165, 1.54) is 6.42 Å². The molecule has 35 heavy (non-hydrogen) atoms. The molecular formula is C24H30N6O4S. The molecule has 1 aromatic carbocycles. The highest BCUT2D eigenvalue weighted by Gasteiger charge is 2.28. The molecular weight excluding hydrogens is 468 g/mol. The molecule has 0 radical (unpaired) electrons. The lowest BCUT2D eigenvalue weighted by Gasteiger charge is -2.33. The minimum atomic E-state index is -3.85. The van der Waals surface area contributed by atoms with E-state index in [-0.39, 0.29) is 17.7 Å². The van der Waals surface area contributed by atoms with Crippen LogP contribution in [0, 0.1) is 5.92 Å². The summed E-state index contributed by atoms with van der Waals surface area (Å²) in [6.07, 6.45) is 7.10. The van der Waals surface area contributed by atoms with E-state index < -0.39 is 10.2 Å². The summed E-state index contributed by atoms with van der Waals surface area (Å²) in [5.41, 5.74) is 7.36. The molecule has 3 aliphatic heterocycles. The van der Waals surface area contributed by atoms with E-state index in [4.69, 9.17) is 10.5 Å². The van der Waals surface area contributed by atoms with Crippen molar-refractivity contribution in [1.29, 1.82) is 0 Å². The number of hydrogen-bond donors (Lipinski definition) is 2. The Hall–Kier alpha value is -3.34. The van der Waals surface area contributed by atoms with E-state index in [0.717, 1.165) is 44.6 Å². The van der Waals surface area contributed by atoms with Crippen molar-refractivity contribution in [1.82, 2.24) is 9.88 Å². The molecule has 2 aromatic rings. The molecule has 0 spiro atoms. The van der Waals surface area contributed by atoms with Gasteiger partial charge in [-0.1, -0.05) is 6.07 Å². The number of amides is 1. The van der Waals surface area contributed by atoms with Crippen molar-refractivity contribution >= 4 is 33.5 Å². The first-order valence-electron chi connectivity index (χ1n) is 12.0. The second kappa shape index (κ2) is 9.73. The summed E-state index contributed by atoms with van der Waals surface area (Å²) in [6, 6.07) is 8.76. The van der Waals surface area contributed by atoms with E-state index in [9.17, 15) is 13.2 Å². The van der Waals surface area contributed by atoms with Crippen LogP contribution >= 0.6 is 0 Å². The number of amidine groups is 1. The van der Waals surface area contributed by atoms with Crippen LogP contribution in [0.15, 0.2) is 40.9 Å². The lowest BCUT2D eigenvalue weighted by atomic mass is 9.98. The molecule has 3 aliphatic rings. The SMILES string of the molecule is NC1=NS(=O)(=O)Nc2cccc(OCC3CCCN(C(=O)c4ccnc(N5CCCCC5)c4)C3)c21. The van der Waals surface area contributed by atoms with Crippen LogP contribution in [0.5, 0.6) is 5.75 Å². The summed E-state index contributed by atoms with van der Waals surface area (Å²) in [4.78, 5) is 21.9. The monoisotopic (exact) mass is 498 g/mol. The average molecular weight is 499 g/mol. The van der Waals surface area contributed by atoms with E-state index in [0.29, 0.717) is 42.3 Å². The summed E-state index contributed by atoms with van der Waals surface area (Å²) in [5, 5.41) is 0. The van der Waals surface area contributed by atoms with Gasteiger partial charge < -0.3 is 20.3 Å². The molecule has 11 heteroatoms. The van der Waals surface area contributed by atoms with E-state index in [2.05, 4.69) is 19.0 Å². The summed E-state index contributed by atoms with van der Waals surface area (Å²) in [6.45, 7) is 3.64. The van der Waals surface area contributed by atoms with Gasteiger partial charge in [0, 0.05) is 43.9 Å². The number of carbonyl (C=O) groups is 1. The standard InChI is InChI=1S/C24H30N6O4S/c25-23-22-19(27-35(32,33)28-23)7-4-8-20(22)34-16-17-6-5-13-30(15-17)24(31)18-9-10-26-21(14-18)29-11-2-1-3-12-29/h4,7-10,14,17,27H,1-3,5-6,11-13,15-16H2,(H2,25,28). The minimum absolute atomic E-state index is 0.0123. The highest BCUT2D eigenvalue weighted by molar-refractivity contribution is 7.91. The summed E-state index contributed by atoms with van der Waals surface area (Å²) >= 11 is 0. The number of fused-ring (bicyclic) bond motifs is 1. The van der Waals surface area contributed by atoms with Crippen LogP contribution in [-0.2, 0) is 10.2 Å². The Bertz CT molecular complexity index is 1240. The molecule has 1 amide bonds. The molecule has 1 unspecified atom stereocenters. The van der Waals surface area contributed by atoms with Crippen LogP contribution in [0.4, 0.5) is 11.5 Å². The Morgan fingerprint density at radius 2 is 1.97 bits per heavy atom. The van der Waals surface area contributed by atoms with Crippen LogP contribution in [-0.4, -0.2) is 62.8 Å². The van der Waals surface area contributed by atoms with Crippen molar-refractivity contribution in [3.8, 4) is 5.75 Å². The van der Waals surface area contributed by atoms with Gasteiger partial charge in [0.05, 0.1) is 17.9 Å². The lowest BCUT2D eigenvalue weighted by Crippen LogP contribution is -2.41. The van der Waals surface area contributed by atoms with Crippen molar-refractivity contribution in [3.63, 3.8) is 0 Å². The predicted octanol–water partition coefficient (Wildman–Crippen LogP) is 2.38. The third kappa shape index (κ3) is 5.19. The van der Waals surface area contributed by atoms with Crippen molar-refractivity contribution in [2.24, 2.45) is 16.0 Å². The minimum Gasteiger partial charge on any atom is -0.492 e. The fourth-order valence-corrected chi connectivity index (χ4v) is 5.80. The molecule has 0 aliphatic carbocycles. The Kier molecular flexibility index (Phi) is 6.50. The topological polar surface area (TPSA) is 130 Å². The molecule has 2 saturated heterocycles. The van der Waals surface area contributed by atoms with Crippen LogP contribution < -0.4 is 20.1 Å². The van der Waals surface area contributed by atoms with Crippen molar-refractivity contribution in [2.45, 2.75) is 32.1 Å². The quantitative estimate of drug-likeness (QED) is 0.647. The predicted molar refractivity (Wildman–Crippen MR) is 134 cm³/mol. The van der Waals surface area contributed by atoms with Gasteiger partial charge in [-0.05, 0) is 56.4 Å².